The molecule has 7 heteroatoms. The molecule has 190 valence electrons. The fourth-order valence-electron chi connectivity index (χ4n) is 4.54. The Labute approximate surface area is 205 Å². The van der Waals surface area contributed by atoms with Gasteiger partial charge in [-0.25, -0.2) is 0 Å². The van der Waals surface area contributed by atoms with Gasteiger partial charge >= 0.3 is 0 Å². The number of nitrogens with one attached hydrogen (secondary N) is 3. The number of likely N-dealkylation sites (N-methyl/N-ethyl adjacent to an activating group) is 1. The normalized spacial score (nSPS) is 28.5. The molecule has 1 heterocycles. The van der Waals surface area contributed by atoms with Gasteiger partial charge < -0.3 is 25.6 Å². The van der Waals surface area contributed by atoms with Crippen LogP contribution >= 0.6 is 0 Å². The van der Waals surface area contributed by atoms with E-state index in [9.17, 15) is 9.59 Å². The monoisotopic (exact) mass is 472 g/mol. The largest absolute Gasteiger partial charge is 0.492 e. The van der Waals surface area contributed by atoms with Crippen molar-refractivity contribution in [2.75, 3.05) is 26.7 Å². The molecule has 2 amide bonds. The minimum absolute atomic E-state index is 0.0163. The SMILES string of the molecule is CC(C)C[C@H]1NC[C@@H](C)N(C)C(=O)[C@H](C2CC2)NCCOc2ccccc2CC[C@H](C)NC1=O. The zero-order valence-electron chi connectivity index (χ0n) is 21.6. The molecule has 2 aliphatic rings. The zero-order chi connectivity index (χ0) is 24.7. The van der Waals surface area contributed by atoms with Gasteiger partial charge in [0.1, 0.15) is 12.4 Å². The third-order valence-electron chi connectivity index (χ3n) is 6.98. The molecule has 0 aromatic heterocycles. The predicted molar refractivity (Wildman–Crippen MR) is 136 cm³/mol. The van der Waals surface area contributed by atoms with Crippen LogP contribution in [0.3, 0.4) is 0 Å². The second-order valence-corrected chi connectivity index (χ2v) is 10.6. The minimum Gasteiger partial charge on any atom is -0.492 e. The van der Waals surface area contributed by atoms with Crippen molar-refractivity contribution in [3.05, 3.63) is 29.8 Å². The van der Waals surface area contributed by atoms with Gasteiger partial charge in [-0.05, 0) is 69.4 Å². The van der Waals surface area contributed by atoms with Crippen LogP contribution in [-0.4, -0.2) is 67.6 Å². The summed E-state index contributed by atoms with van der Waals surface area (Å²) >= 11 is 0. The van der Waals surface area contributed by atoms with Crippen LogP contribution in [0.15, 0.2) is 24.3 Å². The van der Waals surface area contributed by atoms with Crippen molar-refractivity contribution >= 4 is 11.8 Å². The molecule has 1 aliphatic carbocycles. The number of nitrogens with zero attached hydrogens (tertiary/aromatic N) is 1. The predicted octanol–water partition coefficient (Wildman–Crippen LogP) is 2.74. The van der Waals surface area contributed by atoms with Crippen molar-refractivity contribution in [3.8, 4) is 5.75 Å². The molecule has 34 heavy (non-hydrogen) atoms. The summed E-state index contributed by atoms with van der Waals surface area (Å²) in [5.74, 6) is 1.82. The van der Waals surface area contributed by atoms with Crippen molar-refractivity contribution in [3.63, 3.8) is 0 Å². The van der Waals surface area contributed by atoms with Crippen LogP contribution in [0.1, 0.15) is 58.9 Å². The quantitative estimate of drug-likeness (QED) is 0.630. The number of fused-ring (bicyclic) bond motifs is 1. The van der Waals surface area contributed by atoms with E-state index in [2.05, 4.69) is 42.8 Å². The van der Waals surface area contributed by atoms with E-state index in [-0.39, 0.29) is 36.0 Å². The molecule has 0 unspecified atom stereocenters. The summed E-state index contributed by atoms with van der Waals surface area (Å²) in [6, 6.07) is 7.68. The summed E-state index contributed by atoms with van der Waals surface area (Å²) in [5.41, 5.74) is 1.14. The molecule has 4 atom stereocenters. The van der Waals surface area contributed by atoms with Crippen LogP contribution in [-0.2, 0) is 16.0 Å². The zero-order valence-corrected chi connectivity index (χ0v) is 21.6. The Hall–Kier alpha value is -2.12. The van der Waals surface area contributed by atoms with Gasteiger partial charge in [0.25, 0.3) is 0 Å². The maximum absolute atomic E-state index is 13.3. The maximum Gasteiger partial charge on any atom is 0.240 e. The third kappa shape index (κ3) is 7.70. The number of carbonyl (C=O) groups is 2. The summed E-state index contributed by atoms with van der Waals surface area (Å²) in [5, 5.41) is 10.1. The van der Waals surface area contributed by atoms with E-state index in [0.29, 0.717) is 31.5 Å². The van der Waals surface area contributed by atoms with Crippen molar-refractivity contribution in [2.24, 2.45) is 11.8 Å². The summed E-state index contributed by atoms with van der Waals surface area (Å²) in [6.45, 7) is 10.1. The highest BCUT2D eigenvalue weighted by atomic mass is 16.5. The molecular formula is C27H44N4O3. The molecular weight excluding hydrogens is 428 g/mol. The summed E-state index contributed by atoms with van der Waals surface area (Å²) in [7, 11) is 1.87. The Morgan fingerprint density at radius 2 is 1.82 bits per heavy atom. The van der Waals surface area contributed by atoms with E-state index in [4.69, 9.17) is 4.74 Å². The van der Waals surface area contributed by atoms with E-state index < -0.39 is 0 Å². The number of carbonyl (C=O) groups excluding carboxylic acids is 2. The molecule has 7 nitrogen and oxygen atoms in total. The molecule has 1 saturated carbocycles. The molecule has 3 N–H and O–H groups in total. The molecule has 0 spiro atoms. The number of ether oxygens (including phenoxy) is 1. The van der Waals surface area contributed by atoms with Gasteiger partial charge in [0.15, 0.2) is 0 Å². The molecule has 0 bridgehead atoms. The number of hydrogen-bond acceptors (Lipinski definition) is 5. The van der Waals surface area contributed by atoms with E-state index in [1.165, 1.54) is 0 Å². The Morgan fingerprint density at radius 3 is 2.53 bits per heavy atom. The lowest BCUT2D eigenvalue weighted by molar-refractivity contribution is -0.134. The van der Waals surface area contributed by atoms with Crippen molar-refractivity contribution in [1.82, 2.24) is 20.9 Å². The first-order valence-corrected chi connectivity index (χ1v) is 13.0. The fourth-order valence-corrected chi connectivity index (χ4v) is 4.54. The number of rotatable bonds is 3. The third-order valence-corrected chi connectivity index (χ3v) is 6.98. The van der Waals surface area contributed by atoms with Gasteiger partial charge in [0.05, 0.1) is 12.1 Å². The highest BCUT2D eigenvalue weighted by Gasteiger charge is 2.38. The highest BCUT2D eigenvalue weighted by Crippen LogP contribution is 2.33. The van der Waals surface area contributed by atoms with Gasteiger partial charge in [-0.3, -0.25) is 9.59 Å². The van der Waals surface area contributed by atoms with Crippen molar-refractivity contribution in [2.45, 2.75) is 84.0 Å². The van der Waals surface area contributed by atoms with Crippen LogP contribution in [0.2, 0.25) is 0 Å². The Kier molecular flexibility index (Phi) is 9.77. The average molecular weight is 473 g/mol. The van der Waals surface area contributed by atoms with E-state index in [1.54, 1.807) is 0 Å². The lowest BCUT2D eigenvalue weighted by atomic mass is 10.0. The molecule has 0 saturated heterocycles. The minimum atomic E-state index is -0.278. The molecule has 1 fully saturated rings. The number of para-hydroxylation sites is 1. The second-order valence-electron chi connectivity index (χ2n) is 10.6. The fraction of sp³-hybridized carbons (Fsp3) is 0.704. The standard InChI is InChI=1S/C27H44N4O3/c1-18(2)16-23-26(32)30-19(3)10-11-21-8-6-7-9-24(21)34-15-14-28-25(22-12-13-22)27(33)31(5)20(4)17-29-23/h6-9,18-20,22-23,25,28-29H,10-17H2,1-5H3,(H,30,32)/t19-,20+,23+,25-/m0/s1. The lowest BCUT2D eigenvalue weighted by Gasteiger charge is -2.31. The summed E-state index contributed by atoms with van der Waals surface area (Å²) < 4.78 is 6.10. The van der Waals surface area contributed by atoms with Gasteiger partial charge in [-0.15, -0.1) is 0 Å². The first kappa shape index (κ1) is 26.5. The smallest absolute Gasteiger partial charge is 0.240 e. The topological polar surface area (TPSA) is 82.7 Å². The summed E-state index contributed by atoms with van der Waals surface area (Å²) in [4.78, 5) is 28.3. The number of aryl methyl sites for hydroxylation is 1. The number of benzene rings is 1. The van der Waals surface area contributed by atoms with E-state index >= 15 is 0 Å². The molecule has 1 aromatic carbocycles. The van der Waals surface area contributed by atoms with Crippen LogP contribution in [0.25, 0.3) is 0 Å². The van der Waals surface area contributed by atoms with Crippen LogP contribution in [0.4, 0.5) is 0 Å². The van der Waals surface area contributed by atoms with Gasteiger partial charge in [0, 0.05) is 32.2 Å². The van der Waals surface area contributed by atoms with E-state index in [0.717, 1.165) is 43.4 Å². The Balaban J connectivity index is 1.77. The van der Waals surface area contributed by atoms with Crippen molar-refractivity contribution in [1.29, 1.82) is 0 Å². The molecule has 0 radical (unpaired) electrons. The van der Waals surface area contributed by atoms with E-state index in [1.807, 2.05) is 37.1 Å². The molecule has 3 rings (SSSR count). The second kappa shape index (κ2) is 12.5. The van der Waals surface area contributed by atoms with Gasteiger partial charge in [-0.1, -0.05) is 32.0 Å². The maximum atomic E-state index is 13.3. The first-order valence-electron chi connectivity index (χ1n) is 13.0. The summed E-state index contributed by atoms with van der Waals surface area (Å²) in [6.07, 6.45) is 4.60. The molecule has 1 aromatic rings. The van der Waals surface area contributed by atoms with Crippen LogP contribution < -0.4 is 20.7 Å². The average Bonchev–Trinajstić information content (AvgIpc) is 3.64. The highest BCUT2D eigenvalue weighted by molar-refractivity contribution is 5.83. The van der Waals surface area contributed by atoms with Gasteiger partial charge in [-0.2, -0.15) is 0 Å². The first-order chi connectivity index (χ1) is 16.3. The Morgan fingerprint density at radius 1 is 1.09 bits per heavy atom. The lowest BCUT2D eigenvalue weighted by Crippen LogP contribution is -2.54. The van der Waals surface area contributed by atoms with Gasteiger partial charge in [0.2, 0.25) is 11.8 Å². The number of amides is 2. The Bertz CT molecular complexity index is 811. The van der Waals surface area contributed by atoms with Crippen molar-refractivity contribution < 1.29 is 14.3 Å². The number of hydrogen-bond donors (Lipinski definition) is 3. The molecule has 1 aliphatic heterocycles. The van der Waals surface area contributed by atoms with Crippen LogP contribution in [0, 0.1) is 11.8 Å². The van der Waals surface area contributed by atoms with Crippen LogP contribution in [0.5, 0.6) is 5.75 Å².